The first-order valence-corrected chi connectivity index (χ1v) is 6.94. The summed E-state index contributed by atoms with van der Waals surface area (Å²) in [5.41, 5.74) is 5.81. The number of carbonyl (C=O) groups is 1. The van der Waals surface area contributed by atoms with Crippen LogP contribution in [-0.2, 0) is 4.79 Å². The first kappa shape index (κ1) is 17.1. The van der Waals surface area contributed by atoms with Gasteiger partial charge in [0.1, 0.15) is 5.75 Å². The van der Waals surface area contributed by atoms with E-state index in [0.29, 0.717) is 18.1 Å². The summed E-state index contributed by atoms with van der Waals surface area (Å²) in [6.07, 6.45) is 2.19. The van der Waals surface area contributed by atoms with Crippen LogP contribution in [0.25, 0.3) is 0 Å². The van der Waals surface area contributed by atoms with E-state index in [1.807, 2.05) is 4.90 Å². The highest BCUT2D eigenvalue weighted by Crippen LogP contribution is 2.16. The number of amides is 1. The van der Waals surface area contributed by atoms with Crippen LogP contribution >= 0.6 is 24.0 Å². The number of carbonyl (C=O) groups excluding carboxylic acids is 1. The van der Waals surface area contributed by atoms with Gasteiger partial charge in [-0.1, -0.05) is 11.6 Å². The number of ether oxygens (including phenoxy) is 1. The molecule has 1 aromatic rings. The van der Waals surface area contributed by atoms with Gasteiger partial charge in [-0.2, -0.15) is 0 Å². The number of rotatable bonds is 4. The molecule has 0 radical (unpaired) electrons. The molecule has 2 rings (SSSR count). The van der Waals surface area contributed by atoms with E-state index in [0.717, 1.165) is 31.7 Å². The van der Waals surface area contributed by atoms with E-state index in [4.69, 9.17) is 22.1 Å². The van der Waals surface area contributed by atoms with Gasteiger partial charge in [0, 0.05) is 24.2 Å². The number of hydrogen-bond acceptors (Lipinski definition) is 3. The molecule has 1 aliphatic heterocycles. The average Bonchev–Trinajstić information content (AvgIpc) is 2.41. The van der Waals surface area contributed by atoms with Crippen LogP contribution in [0.15, 0.2) is 24.3 Å². The Balaban J connectivity index is 0.00000200. The van der Waals surface area contributed by atoms with Gasteiger partial charge >= 0.3 is 0 Å². The molecular weight excluding hydrogens is 299 g/mol. The lowest BCUT2D eigenvalue weighted by Crippen LogP contribution is -2.43. The van der Waals surface area contributed by atoms with Crippen LogP contribution in [0.2, 0.25) is 5.02 Å². The van der Waals surface area contributed by atoms with Crippen molar-refractivity contribution >= 4 is 29.9 Å². The maximum atomic E-state index is 11.9. The van der Waals surface area contributed by atoms with Gasteiger partial charge in [0.05, 0.1) is 13.0 Å². The smallest absolute Gasteiger partial charge is 0.225 e. The Labute approximate surface area is 130 Å². The first-order valence-electron chi connectivity index (χ1n) is 6.57. The number of piperidine rings is 1. The maximum Gasteiger partial charge on any atom is 0.225 e. The summed E-state index contributed by atoms with van der Waals surface area (Å²) in [6, 6.07) is 7.38. The fraction of sp³-hybridized carbons (Fsp3) is 0.500. The first-order chi connectivity index (χ1) is 9.15. The minimum Gasteiger partial charge on any atom is -0.493 e. The Bertz CT molecular complexity index is 418. The van der Waals surface area contributed by atoms with Crippen molar-refractivity contribution in [2.75, 3.05) is 19.7 Å². The van der Waals surface area contributed by atoms with Crippen LogP contribution in [0.4, 0.5) is 0 Å². The Morgan fingerprint density at radius 3 is 2.50 bits per heavy atom. The van der Waals surface area contributed by atoms with Gasteiger partial charge in [0.25, 0.3) is 0 Å². The van der Waals surface area contributed by atoms with Crippen molar-refractivity contribution < 1.29 is 9.53 Å². The third-order valence-electron chi connectivity index (χ3n) is 3.29. The van der Waals surface area contributed by atoms with E-state index >= 15 is 0 Å². The Kier molecular flexibility index (Phi) is 7.13. The summed E-state index contributed by atoms with van der Waals surface area (Å²) in [5.74, 6) is 0.874. The minimum atomic E-state index is 0. The molecule has 1 aliphatic rings. The molecule has 1 saturated heterocycles. The molecule has 1 amide bonds. The van der Waals surface area contributed by atoms with Crippen molar-refractivity contribution in [3.63, 3.8) is 0 Å². The molecule has 4 nitrogen and oxygen atoms in total. The highest BCUT2D eigenvalue weighted by atomic mass is 35.5. The molecular formula is C14H20Cl2N2O2. The predicted molar refractivity (Wildman–Crippen MR) is 82.6 cm³/mol. The minimum absolute atomic E-state index is 0. The lowest BCUT2D eigenvalue weighted by molar-refractivity contribution is -0.132. The van der Waals surface area contributed by atoms with Gasteiger partial charge in [-0.3, -0.25) is 4.79 Å². The summed E-state index contributed by atoms with van der Waals surface area (Å²) >= 11 is 5.78. The molecule has 0 unspecified atom stereocenters. The van der Waals surface area contributed by atoms with Crippen molar-refractivity contribution in [1.82, 2.24) is 4.90 Å². The molecule has 0 atom stereocenters. The molecule has 6 heteroatoms. The molecule has 0 spiro atoms. The van der Waals surface area contributed by atoms with Crippen molar-refractivity contribution in [1.29, 1.82) is 0 Å². The molecule has 112 valence electrons. The van der Waals surface area contributed by atoms with Crippen molar-refractivity contribution in [2.24, 2.45) is 5.73 Å². The predicted octanol–water partition coefficient (Wildman–Crippen LogP) is 2.48. The Morgan fingerprint density at radius 2 is 1.90 bits per heavy atom. The van der Waals surface area contributed by atoms with Crippen LogP contribution in [0, 0.1) is 0 Å². The summed E-state index contributed by atoms with van der Waals surface area (Å²) in [6.45, 7) is 1.92. The lowest BCUT2D eigenvalue weighted by atomic mass is 10.1. The highest BCUT2D eigenvalue weighted by Gasteiger charge is 2.20. The standard InChI is InChI=1S/C14H19ClN2O2.ClH/c15-11-1-3-13(4-2-11)19-10-7-14(18)17-8-5-12(16)6-9-17;/h1-4,12H,5-10,16H2;1H. The molecule has 2 N–H and O–H groups in total. The van der Waals surface area contributed by atoms with Gasteiger partial charge in [-0.15, -0.1) is 12.4 Å². The second kappa shape index (κ2) is 8.35. The fourth-order valence-electron chi connectivity index (χ4n) is 2.09. The van der Waals surface area contributed by atoms with Gasteiger partial charge in [0.2, 0.25) is 5.91 Å². The van der Waals surface area contributed by atoms with E-state index < -0.39 is 0 Å². The number of benzene rings is 1. The largest absolute Gasteiger partial charge is 0.493 e. The van der Waals surface area contributed by atoms with Crippen LogP contribution < -0.4 is 10.5 Å². The Hall–Kier alpha value is -0.970. The normalized spacial score (nSPS) is 15.6. The summed E-state index contributed by atoms with van der Waals surface area (Å²) in [5, 5.41) is 0.674. The zero-order valence-corrected chi connectivity index (χ0v) is 12.8. The Morgan fingerprint density at radius 1 is 1.30 bits per heavy atom. The summed E-state index contributed by atoms with van der Waals surface area (Å²) in [7, 11) is 0. The molecule has 20 heavy (non-hydrogen) atoms. The van der Waals surface area contributed by atoms with Gasteiger partial charge in [-0.25, -0.2) is 0 Å². The summed E-state index contributed by atoms with van der Waals surface area (Å²) < 4.78 is 5.51. The second-order valence-corrected chi connectivity index (χ2v) is 5.21. The molecule has 0 aromatic heterocycles. The number of halogens is 2. The quantitative estimate of drug-likeness (QED) is 0.927. The van der Waals surface area contributed by atoms with Gasteiger partial charge < -0.3 is 15.4 Å². The number of nitrogens with zero attached hydrogens (tertiary/aromatic N) is 1. The van der Waals surface area contributed by atoms with Crippen LogP contribution in [-0.4, -0.2) is 36.5 Å². The average molecular weight is 319 g/mol. The molecule has 1 heterocycles. The number of hydrogen-bond donors (Lipinski definition) is 1. The lowest BCUT2D eigenvalue weighted by Gasteiger charge is -2.30. The third-order valence-corrected chi connectivity index (χ3v) is 3.54. The van der Waals surface area contributed by atoms with Crippen molar-refractivity contribution in [3.05, 3.63) is 29.3 Å². The van der Waals surface area contributed by atoms with Crippen LogP contribution in [0.3, 0.4) is 0 Å². The van der Waals surface area contributed by atoms with Crippen LogP contribution in [0.5, 0.6) is 5.75 Å². The van der Waals surface area contributed by atoms with Crippen molar-refractivity contribution in [2.45, 2.75) is 25.3 Å². The topological polar surface area (TPSA) is 55.6 Å². The maximum absolute atomic E-state index is 11.9. The molecule has 0 bridgehead atoms. The van der Waals surface area contributed by atoms with E-state index in [1.54, 1.807) is 24.3 Å². The fourth-order valence-corrected chi connectivity index (χ4v) is 2.22. The molecule has 1 aromatic carbocycles. The zero-order chi connectivity index (χ0) is 13.7. The van der Waals surface area contributed by atoms with E-state index in [9.17, 15) is 4.79 Å². The second-order valence-electron chi connectivity index (χ2n) is 4.77. The monoisotopic (exact) mass is 318 g/mol. The van der Waals surface area contributed by atoms with Crippen LogP contribution in [0.1, 0.15) is 19.3 Å². The highest BCUT2D eigenvalue weighted by molar-refractivity contribution is 6.30. The van der Waals surface area contributed by atoms with Gasteiger partial charge in [0.15, 0.2) is 0 Å². The van der Waals surface area contributed by atoms with E-state index in [2.05, 4.69) is 0 Å². The molecule has 1 fully saturated rings. The molecule has 0 aliphatic carbocycles. The number of likely N-dealkylation sites (tertiary alicyclic amines) is 1. The zero-order valence-electron chi connectivity index (χ0n) is 11.3. The van der Waals surface area contributed by atoms with E-state index in [-0.39, 0.29) is 24.4 Å². The summed E-state index contributed by atoms with van der Waals surface area (Å²) in [4.78, 5) is 13.8. The third kappa shape index (κ3) is 5.19. The van der Waals surface area contributed by atoms with Gasteiger partial charge in [-0.05, 0) is 37.1 Å². The number of nitrogens with two attached hydrogens (primary N) is 1. The van der Waals surface area contributed by atoms with E-state index in [1.165, 1.54) is 0 Å². The van der Waals surface area contributed by atoms with Crippen molar-refractivity contribution in [3.8, 4) is 5.75 Å². The SMILES string of the molecule is Cl.NC1CCN(C(=O)CCOc2ccc(Cl)cc2)CC1. The molecule has 0 saturated carbocycles.